The van der Waals surface area contributed by atoms with Gasteiger partial charge in [-0.05, 0) is 12.5 Å². The van der Waals surface area contributed by atoms with E-state index in [4.69, 9.17) is 0 Å². The van der Waals surface area contributed by atoms with Crippen LogP contribution in [0.3, 0.4) is 0 Å². The van der Waals surface area contributed by atoms with Gasteiger partial charge in [0.25, 0.3) is 0 Å². The van der Waals surface area contributed by atoms with Crippen LogP contribution in [-0.4, -0.2) is 6.36 Å². The summed E-state index contributed by atoms with van der Waals surface area (Å²) in [5.74, 6) is -0.0139. The highest BCUT2D eigenvalue weighted by molar-refractivity contribution is 5.12. The summed E-state index contributed by atoms with van der Waals surface area (Å²) >= 11 is 0. The highest BCUT2D eigenvalue weighted by Crippen LogP contribution is 2.24. The van der Waals surface area contributed by atoms with Crippen LogP contribution in [0.5, 0.6) is 0 Å². The average Bonchev–Trinajstić information content (AvgIpc) is 1.85. The van der Waals surface area contributed by atoms with Crippen LogP contribution in [0.15, 0.2) is 24.0 Å². The molecule has 0 heterocycles. The summed E-state index contributed by atoms with van der Waals surface area (Å²) in [6, 6.07) is 0. The van der Waals surface area contributed by atoms with E-state index in [9.17, 15) is 13.2 Å². The zero-order chi connectivity index (χ0) is 8.32. The number of allylic oxidation sites excluding steroid dienone is 4. The summed E-state index contributed by atoms with van der Waals surface area (Å²) in [7, 11) is 0. The summed E-state index contributed by atoms with van der Waals surface area (Å²) < 4.78 is 38.3. The van der Waals surface area contributed by atoms with Gasteiger partial charge in [-0.2, -0.15) is 0 Å². The van der Waals surface area contributed by atoms with Crippen molar-refractivity contribution in [2.24, 2.45) is 0 Å². The van der Waals surface area contributed by atoms with Gasteiger partial charge in [0.15, 0.2) is 0 Å². The lowest BCUT2D eigenvalue weighted by Gasteiger charge is -2.12. The fourth-order valence-corrected chi connectivity index (χ4v) is 0.814. The molecule has 4 heteroatoms. The van der Waals surface area contributed by atoms with Crippen molar-refractivity contribution in [3.8, 4) is 0 Å². The molecular weight excluding hydrogens is 157 g/mol. The van der Waals surface area contributed by atoms with Crippen molar-refractivity contribution in [1.82, 2.24) is 0 Å². The maximum absolute atomic E-state index is 11.6. The Morgan fingerprint density at radius 1 is 1.36 bits per heavy atom. The highest BCUT2D eigenvalue weighted by atomic mass is 19.4. The van der Waals surface area contributed by atoms with Crippen molar-refractivity contribution < 1.29 is 17.9 Å². The van der Waals surface area contributed by atoms with Crippen molar-refractivity contribution in [3.05, 3.63) is 24.0 Å². The first-order valence-electron chi connectivity index (χ1n) is 3.19. The molecule has 0 bridgehead atoms. The van der Waals surface area contributed by atoms with Gasteiger partial charge in [-0.15, -0.1) is 13.2 Å². The van der Waals surface area contributed by atoms with Crippen LogP contribution in [0.1, 0.15) is 12.8 Å². The van der Waals surface area contributed by atoms with Crippen molar-refractivity contribution in [1.29, 1.82) is 0 Å². The first-order valence-corrected chi connectivity index (χ1v) is 3.19. The Morgan fingerprint density at radius 2 is 2.09 bits per heavy atom. The predicted octanol–water partition coefficient (Wildman–Crippen LogP) is 2.76. The van der Waals surface area contributed by atoms with Gasteiger partial charge >= 0.3 is 6.36 Å². The smallest absolute Gasteiger partial charge is 0.410 e. The quantitative estimate of drug-likeness (QED) is 0.579. The van der Waals surface area contributed by atoms with Crippen LogP contribution in [0.2, 0.25) is 0 Å². The Hall–Kier alpha value is -0.930. The van der Waals surface area contributed by atoms with E-state index >= 15 is 0 Å². The molecule has 0 aromatic carbocycles. The molecule has 0 saturated carbocycles. The zero-order valence-electron chi connectivity index (χ0n) is 5.69. The zero-order valence-corrected chi connectivity index (χ0v) is 5.69. The van der Waals surface area contributed by atoms with Crippen LogP contribution >= 0.6 is 0 Å². The molecule has 0 aromatic rings. The molecule has 0 amide bonds. The lowest BCUT2D eigenvalue weighted by Crippen LogP contribution is -2.13. The fraction of sp³-hybridized carbons (Fsp3) is 0.429. The van der Waals surface area contributed by atoms with E-state index in [0.717, 1.165) is 0 Å². The molecule has 0 saturated heterocycles. The summed E-state index contributed by atoms with van der Waals surface area (Å²) in [5.41, 5.74) is 0. The molecular formula is C7H7F3O. The first kappa shape index (κ1) is 8.17. The standard InChI is InChI=1S/C7H7F3O/c8-7(9,10)11-6-4-2-1-3-5-6/h1-2,4H,3,5H2. The Morgan fingerprint density at radius 3 is 2.55 bits per heavy atom. The molecule has 0 unspecified atom stereocenters. The van der Waals surface area contributed by atoms with Gasteiger partial charge in [0.05, 0.1) is 0 Å². The fourth-order valence-electron chi connectivity index (χ4n) is 0.814. The Bertz CT molecular complexity index is 190. The van der Waals surface area contributed by atoms with Crippen molar-refractivity contribution in [2.45, 2.75) is 19.2 Å². The Kier molecular flexibility index (Phi) is 2.22. The van der Waals surface area contributed by atoms with E-state index in [1.54, 1.807) is 12.2 Å². The minimum atomic E-state index is -4.54. The van der Waals surface area contributed by atoms with Crippen molar-refractivity contribution in [3.63, 3.8) is 0 Å². The third-order valence-electron chi connectivity index (χ3n) is 1.22. The minimum absolute atomic E-state index is 0.0139. The number of hydrogen-bond acceptors (Lipinski definition) is 1. The topological polar surface area (TPSA) is 9.23 Å². The summed E-state index contributed by atoms with van der Waals surface area (Å²) in [4.78, 5) is 0. The highest BCUT2D eigenvalue weighted by Gasteiger charge is 2.31. The number of halogens is 3. The lowest BCUT2D eigenvalue weighted by atomic mass is 10.2. The maximum atomic E-state index is 11.6. The molecule has 1 nitrogen and oxygen atoms in total. The molecule has 1 rings (SSSR count). The number of ether oxygens (including phenoxy) is 1. The van der Waals surface area contributed by atoms with Crippen LogP contribution < -0.4 is 0 Å². The first-order chi connectivity index (χ1) is 5.08. The SMILES string of the molecule is FC(F)(F)OC1=CC=CCC1. The van der Waals surface area contributed by atoms with E-state index in [0.29, 0.717) is 12.8 Å². The molecule has 0 aromatic heterocycles. The van der Waals surface area contributed by atoms with Gasteiger partial charge in [0.2, 0.25) is 0 Å². The molecule has 1 aliphatic carbocycles. The predicted molar refractivity (Wildman–Crippen MR) is 33.6 cm³/mol. The largest absolute Gasteiger partial charge is 0.572 e. The molecule has 0 atom stereocenters. The van der Waals surface area contributed by atoms with Gasteiger partial charge in [0, 0.05) is 6.42 Å². The van der Waals surface area contributed by atoms with Gasteiger partial charge in [-0.3, -0.25) is 0 Å². The third kappa shape index (κ3) is 3.11. The van der Waals surface area contributed by atoms with E-state index in [2.05, 4.69) is 4.74 Å². The maximum Gasteiger partial charge on any atom is 0.572 e. The molecule has 1 aliphatic rings. The molecule has 11 heavy (non-hydrogen) atoms. The second kappa shape index (κ2) is 2.98. The average molecular weight is 164 g/mol. The van der Waals surface area contributed by atoms with Crippen LogP contribution in [-0.2, 0) is 4.74 Å². The number of alkyl halides is 3. The van der Waals surface area contributed by atoms with Gasteiger partial charge in [-0.1, -0.05) is 12.2 Å². The second-order valence-corrected chi connectivity index (χ2v) is 2.15. The van der Waals surface area contributed by atoms with E-state index in [1.165, 1.54) is 6.08 Å². The van der Waals surface area contributed by atoms with Crippen molar-refractivity contribution >= 4 is 0 Å². The molecule has 62 valence electrons. The minimum Gasteiger partial charge on any atom is -0.410 e. The van der Waals surface area contributed by atoms with E-state index < -0.39 is 6.36 Å². The summed E-state index contributed by atoms with van der Waals surface area (Å²) in [6.07, 6.45) is 1.08. The molecule has 0 spiro atoms. The monoisotopic (exact) mass is 164 g/mol. The molecule has 0 N–H and O–H groups in total. The molecule has 0 aliphatic heterocycles. The van der Waals surface area contributed by atoms with Gasteiger partial charge in [-0.25, -0.2) is 0 Å². The van der Waals surface area contributed by atoms with Crippen LogP contribution in [0.25, 0.3) is 0 Å². The summed E-state index contributed by atoms with van der Waals surface area (Å²) in [5, 5.41) is 0. The Balaban J connectivity index is 2.49. The molecule has 0 fully saturated rings. The van der Waals surface area contributed by atoms with E-state index in [-0.39, 0.29) is 5.76 Å². The third-order valence-corrected chi connectivity index (χ3v) is 1.22. The lowest BCUT2D eigenvalue weighted by molar-refractivity contribution is -0.306. The van der Waals surface area contributed by atoms with E-state index in [1.807, 2.05) is 0 Å². The molecule has 0 radical (unpaired) electrons. The second-order valence-electron chi connectivity index (χ2n) is 2.15. The Labute approximate surface area is 62.2 Å². The summed E-state index contributed by atoms with van der Waals surface area (Å²) in [6.45, 7) is 0. The van der Waals surface area contributed by atoms with Crippen LogP contribution in [0.4, 0.5) is 13.2 Å². The normalized spacial score (nSPS) is 17.9. The van der Waals surface area contributed by atoms with Gasteiger partial charge < -0.3 is 4.74 Å². The van der Waals surface area contributed by atoms with Crippen LogP contribution in [0, 0.1) is 0 Å². The van der Waals surface area contributed by atoms with Crippen molar-refractivity contribution in [2.75, 3.05) is 0 Å². The van der Waals surface area contributed by atoms with Gasteiger partial charge in [0.1, 0.15) is 5.76 Å². The number of rotatable bonds is 1. The number of hydrogen-bond donors (Lipinski definition) is 0.